The first-order chi connectivity index (χ1) is 9.35. The van der Waals surface area contributed by atoms with Crippen molar-refractivity contribution in [1.29, 1.82) is 0 Å². The second-order valence-corrected chi connectivity index (χ2v) is 5.77. The third-order valence-electron chi connectivity index (χ3n) is 4.46. The van der Waals surface area contributed by atoms with Crippen LogP contribution in [0.2, 0.25) is 0 Å². The number of piperazine rings is 1. The predicted octanol–water partition coefficient (Wildman–Crippen LogP) is 2.37. The zero-order chi connectivity index (χ0) is 13.1. The zero-order valence-corrected chi connectivity index (χ0v) is 11.8. The summed E-state index contributed by atoms with van der Waals surface area (Å²) in [6.45, 7) is 6.05. The highest BCUT2D eigenvalue weighted by molar-refractivity contribution is 5.28. The molecular weight excluding hydrogens is 236 g/mol. The van der Waals surface area contributed by atoms with E-state index in [-0.39, 0.29) is 0 Å². The average Bonchev–Trinajstić information content (AvgIpc) is 2.47. The first-order valence-electron chi connectivity index (χ1n) is 7.44. The van der Waals surface area contributed by atoms with Gasteiger partial charge in [-0.1, -0.05) is 18.6 Å². The summed E-state index contributed by atoms with van der Waals surface area (Å²) >= 11 is 0. The Bertz CT molecular complexity index is 421. The standard InChI is InChI=1S/C16H24N2O/c1-19-16-7-4-5-14(11-16)12-17-9-10-18-8-3-2-6-15(18)13-17/h4-5,7,11,15H,2-3,6,8-10,12-13H2,1H3. The predicted molar refractivity (Wildman–Crippen MR) is 77.5 cm³/mol. The lowest BCUT2D eigenvalue weighted by atomic mass is 9.99. The van der Waals surface area contributed by atoms with Crippen LogP contribution in [0.5, 0.6) is 5.75 Å². The van der Waals surface area contributed by atoms with Gasteiger partial charge in [-0.15, -0.1) is 0 Å². The number of hydrogen-bond acceptors (Lipinski definition) is 3. The van der Waals surface area contributed by atoms with E-state index in [1.165, 1.54) is 51.0 Å². The molecule has 0 radical (unpaired) electrons. The van der Waals surface area contributed by atoms with Crippen molar-refractivity contribution in [3.63, 3.8) is 0 Å². The van der Waals surface area contributed by atoms with E-state index in [2.05, 4.69) is 28.0 Å². The van der Waals surface area contributed by atoms with Crippen LogP contribution in [0.4, 0.5) is 0 Å². The molecule has 19 heavy (non-hydrogen) atoms. The van der Waals surface area contributed by atoms with Crippen LogP contribution in [0.15, 0.2) is 24.3 Å². The summed E-state index contributed by atoms with van der Waals surface area (Å²) in [5.41, 5.74) is 1.36. The highest BCUT2D eigenvalue weighted by Crippen LogP contribution is 2.22. The smallest absolute Gasteiger partial charge is 0.119 e. The van der Waals surface area contributed by atoms with Gasteiger partial charge in [0, 0.05) is 32.2 Å². The van der Waals surface area contributed by atoms with Gasteiger partial charge in [-0.2, -0.15) is 0 Å². The molecule has 0 N–H and O–H groups in total. The Morgan fingerprint density at radius 2 is 2.16 bits per heavy atom. The summed E-state index contributed by atoms with van der Waals surface area (Å²) in [4.78, 5) is 5.28. The Hall–Kier alpha value is -1.06. The molecule has 2 saturated heterocycles. The van der Waals surface area contributed by atoms with E-state index in [0.29, 0.717) is 0 Å². The first-order valence-corrected chi connectivity index (χ1v) is 7.44. The average molecular weight is 260 g/mol. The number of methoxy groups -OCH3 is 1. The van der Waals surface area contributed by atoms with E-state index in [1.807, 2.05) is 6.07 Å². The topological polar surface area (TPSA) is 15.7 Å². The Kier molecular flexibility index (Phi) is 4.04. The number of fused-ring (bicyclic) bond motifs is 1. The Balaban J connectivity index is 1.60. The molecule has 2 aliphatic heterocycles. The van der Waals surface area contributed by atoms with E-state index < -0.39 is 0 Å². The zero-order valence-electron chi connectivity index (χ0n) is 11.8. The third kappa shape index (κ3) is 3.10. The highest BCUT2D eigenvalue weighted by Gasteiger charge is 2.28. The molecule has 0 spiro atoms. The van der Waals surface area contributed by atoms with Crippen molar-refractivity contribution in [2.75, 3.05) is 33.3 Å². The van der Waals surface area contributed by atoms with Crippen LogP contribution >= 0.6 is 0 Å². The SMILES string of the molecule is COc1cccc(CN2CCN3CCCCC3C2)c1. The van der Waals surface area contributed by atoms with E-state index in [9.17, 15) is 0 Å². The van der Waals surface area contributed by atoms with Crippen molar-refractivity contribution in [3.8, 4) is 5.75 Å². The van der Waals surface area contributed by atoms with E-state index in [4.69, 9.17) is 4.74 Å². The number of hydrogen-bond donors (Lipinski definition) is 0. The van der Waals surface area contributed by atoms with Crippen LogP contribution in [-0.4, -0.2) is 49.1 Å². The number of piperidine rings is 1. The fourth-order valence-electron chi connectivity index (χ4n) is 3.39. The van der Waals surface area contributed by atoms with Gasteiger partial charge in [0.1, 0.15) is 5.75 Å². The van der Waals surface area contributed by atoms with Crippen LogP contribution < -0.4 is 4.74 Å². The van der Waals surface area contributed by atoms with Crippen molar-refractivity contribution in [2.45, 2.75) is 31.8 Å². The van der Waals surface area contributed by atoms with Crippen LogP contribution in [-0.2, 0) is 6.54 Å². The molecule has 2 fully saturated rings. The maximum Gasteiger partial charge on any atom is 0.119 e. The fraction of sp³-hybridized carbons (Fsp3) is 0.625. The monoisotopic (exact) mass is 260 g/mol. The maximum atomic E-state index is 5.30. The molecule has 2 aliphatic rings. The van der Waals surface area contributed by atoms with Gasteiger partial charge in [0.2, 0.25) is 0 Å². The summed E-state index contributed by atoms with van der Waals surface area (Å²) in [6, 6.07) is 9.27. The Morgan fingerprint density at radius 3 is 3.05 bits per heavy atom. The van der Waals surface area contributed by atoms with Gasteiger partial charge in [-0.3, -0.25) is 9.80 Å². The highest BCUT2D eigenvalue weighted by atomic mass is 16.5. The molecular formula is C16H24N2O. The minimum Gasteiger partial charge on any atom is -0.497 e. The number of ether oxygens (including phenoxy) is 1. The van der Waals surface area contributed by atoms with Gasteiger partial charge in [0.15, 0.2) is 0 Å². The minimum absolute atomic E-state index is 0.799. The van der Waals surface area contributed by atoms with E-state index >= 15 is 0 Å². The van der Waals surface area contributed by atoms with Crippen molar-refractivity contribution >= 4 is 0 Å². The fourth-order valence-corrected chi connectivity index (χ4v) is 3.39. The van der Waals surface area contributed by atoms with Gasteiger partial charge >= 0.3 is 0 Å². The lowest BCUT2D eigenvalue weighted by molar-refractivity contribution is 0.0456. The number of rotatable bonds is 3. The van der Waals surface area contributed by atoms with Crippen molar-refractivity contribution < 1.29 is 4.74 Å². The molecule has 1 atom stereocenters. The normalized spacial score (nSPS) is 25.0. The third-order valence-corrected chi connectivity index (χ3v) is 4.46. The molecule has 1 unspecified atom stereocenters. The van der Waals surface area contributed by atoms with Crippen LogP contribution in [0, 0.1) is 0 Å². The van der Waals surface area contributed by atoms with Gasteiger partial charge in [-0.05, 0) is 37.1 Å². The summed E-state index contributed by atoms with van der Waals surface area (Å²) in [5, 5.41) is 0. The molecule has 0 amide bonds. The van der Waals surface area contributed by atoms with Gasteiger partial charge in [0.05, 0.1) is 7.11 Å². The molecule has 0 aromatic heterocycles. The molecule has 1 aromatic carbocycles. The molecule has 3 rings (SSSR count). The van der Waals surface area contributed by atoms with Crippen molar-refractivity contribution in [3.05, 3.63) is 29.8 Å². The van der Waals surface area contributed by atoms with Crippen LogP contribution in [0.3, 0.4) is 0 Å². The molecule has 0 saturated carbocycles. The quantitative estimate of drug-likeness (QED) is 0.830. The summed E-state index contributed by atoms with van der Waals surface area (Å²) in [7, 11) is 1.74. The molecule has 0 bridgehead atoms. The summed E-state index contributed by atoms with van der Waals surface area (Å²) < 4.78 is 5.30. The lowest BCUT2D eigenvalue weighted by Crippen LogP contribution is -2.54. The summed E-state index contributed by atoms with van der Waals surface area (Å²) in [5.74, 6) is 0.966. The van der Waals surface area contributed by atoms with Crippen LogP contribution in [0.1, 0.15) is 24.8 Å². The molecule has 1 aromatic rings. The van der Waals surface area contributed by atoms with Crippen molar-refractivity contribution in [1.82, 2.24) is 9.80 Å². The second-order valence-electron chi connectivity index (χ2n) is 5.77. The van der Waals surface area contributed by atoms with Crippen molar-refractivity contribution in [2.24, 2.45) is 0 Å². The molecule has 3 heteroatoms. The molecule has 2 heterocycles. The second kappa shape index (κ2) is 5.93. The maximum absolute atomic E-state index is 5.30. The van der Waals surface area contributed by atoms with E-state index in [1.54, 1.807) is 7.11 Å². The largest absolute Gasteiger partial charge is 0.497 e. The van der Waals surface area contributed by atoms with Gasteiger partial charge in [0.25, 0.3) is 0 Å². The van der Waals surface area contributed by atoms with Gasteiger partial charge in [-0.25, -0.2) is 0 Å². The van der Waals surface area contributed by atoms with Crippen LogP contribution in [0.25, 0.3) is 0 Å². The molecule has 104 valence electrons. The van der Waals surface area contributed by atoms with E-state index in [0.717, 1.165) is 18.3 Å². The lowest BCUT2D eigenvalue weighted by Gasteiger charge is -2.44. The Labute approximate surface area is 116 Å². The van der Waals surface area contributed by atoms with Gasteiger partial charge < -0.3 is 4.74 Å². The minimum atomic E-state index is 0.799. The first kappa shape index (κ1) is 12.9. The molecule has 0 aliphatic carbocycles. The number of nitrogens with zero attached hydrogens (tertiary/aromatic N) is 2. The summed E-state index contributed by atoms with van der Waals surface area (Å²) in [6.07, 6.45) is 4.19. The number of benzene rings is 1. The Morgan fingerprint density at radius 1 is 1.21 bits per heavy atom. The molecule has 3 nitrogen and oxygen atoms in total.